The van der Waals surface area contributed by atoms with Gasteiger partial charge in [-0.25, -0.2) is 0 Å². The fraction of sp³-hybridized carbons (Fsp3) is 0.231. The number of nitrogens with two attached hydrogens (primary N) is 1. The summed E-state index contributed by atoms with van der Waals surface area (Å²) in [5, 5.41) is 0. The molecule has 0 atom stereocenters. The normalized spacial score (nSPS) is 11.2. The van der Waals surface area contributed by atoms with E-state index in [-0.39, 0.29) is 0 Å². The number of benzene rings is 1. The predicted octanol–water partition coefficient (Wildman–Crippen LogP) is 2.61. The van der Waals surface area contributed by atoms with Crippen LogP contribution in [0.25, 0.3) is 6.08 Å². The molecule has 2 nitrogen and oxygen atoms in total. The molecule has 0 spiro atoms. The molecular formula is C13H17NO. The molecule has 2 heteroatoms. The summed E-state index contributed by atoms with van der Waals surface area (Å²) in [5.74, 6) is 0.859. The molecule has 2 N–H and O–H groups in total. The van der Waals surface area contributed by atoms with Crippen molar-refractivity contribution in [1.29, 1.82) is 0 Å². The van der Waals surface area contributed by atoms with Gasteiger partial charge in [-0.1, -0.05) is 36.4 Å². The van der Waals surface area contributed by atoms with E-state index in [0.29, 0.717) is 13.2 Å². The van der Waals surface area contributed by atoms with Crippen LogP contribution >= 0.6 is 0 Å². The quantitative estimate of drug-likeness (QED) is 0.746. The summed E-state index contributed by atoms with van der Waals surface area (Å²) in [4.78, 5) is 0. The third kappa shape index (κ3) is 4.00. The van der Waals surface area contributed by atoms with E-state index in [2.05, 4.69) is 12.7 Å². The largest absolute Gasteiger partial charge is 0.490 e. The van der Waals surface area contributed by atoms with Crippen molar-refractivity contribution in [2.75, 3.05) is 13.2 Å². The molecule has 0 heterocycles. The average molecular weight is 203 g/mol. The van der Waals surface area contributed by atoms with Crippen molar-refractivity contribution in [3.8, 4) is 5.75 Å². The van der Waals surface area contributed by atoms with Crippen molar-refractivity contribution in [3.63, 3.8) is 0 Å². The van der Waals surface area contributed by atoms with Crippen molar-refractivity contribution in [2.45, 2.75) is 6.92 Å². The van der Waals surface area contributed by atoms with Gasteiger partial charge in [0.1, 0.15) is 12.4 Å². The van der Waals surface area contributed by atoms with Crippen LogP contribution in [0.5, 0.6) is 5.75 Å². The first-order valence-corrected chi connectivity index (χ1v) is 4.97. The third-order valence-electron chi connectivity index (χ3n) is 1.98. The summed E-state index contributed by atoms with van der Waals surface area (Å²) in [7, 11) is 0. The summed E-state index contributed by atoms with van der Waals surface area (Å²) in [6, 6.07) is 7.91. The lowest BCUT2D eigenvalue weighted by Gasteiger charge is -2.03. The maximum absolute atomic E-state index is 5.51. The van der Waals surface area contributed by atoms with E-state index < -0.39 is 0 Å². The molecule has 0 bridgehead atoms. The molecular weight excluding hydrogens is 186 g/mol. The van der Waals surface area contributed by atoms with Gasteiger partial charge in [0.05, 0.1) is 0 Å². The SMILES string of the molecule is C=CCOc1ccc(C=C(C)CN)cc1. The van der Waals surface area contributed by atoms with Crippen LogP contribution in [0.3, 0.4) is 0 Å². The Bertz CT molecular complexity index is 338. The van der Waals surface area contributed by atoms with E-state index in [1.165, 1.54) is 0 Å². The van der Waals surface area contributed by atoms with Crippen molar-refractivity contribution >= 4 is 6.08 Å². The zero-order valence-corrected chi connectivity index (χ0v) is 9.07. The second-order valence-electron chi connectivity index (χ2n) is 3.36. The fourth-order valence-electron chi connectivity index (χ4n) is 1.16. The highest BCUT2D eigenvalue weighted by Crippen LogP contribution is 2.14. The standard InChI is InChI=1S/C13H17NO/c1-3-8-15-13-6-4-12(5-7-13)9-11(2)10-14/h3-7,9H,1,8,10,14H2,2H3. The molecule has 0 saturated heterocycles. The fourth-order valence-corrected chi connectivity index (χ4v) is 1.16. The van der Waals surface area contributed by atoms with E-state index in [1.807, 2.05) is 31.2 Å². The second kappa shape index (κ2) is 6.04. The van der Waals surface area contributed by atoms with Gasteiger partial charge in [0.2, 0.25) is 0 Å². The minimum Gasteiger partial charge on any atom is -0.490 e. The Kier molecular flexibility index (Phi) is 4.64. The number of ether oxygens (including phenoxy) is 1. The van der Waals surface area contributed by atoms with Crippen LogP contribution in [-0.4, -0.2) is 13.2 Å². The van der Waals surface area contributed by atoms with Crippen molar-refractivity contribution in [2.24, 2.45) is 5.73 Å². The van der Waals surface area contributed by atoms with Crippen molar-refractivity contribution < 1.29 is 4.74 Å². The Hall–Kier alpha value is -1.54. The van der Waals surface area contributed by atoms with Gasteiger partial charge in [-0.3, -0.25) is 0 Å². The van der Waals surface area contributed by atoms with Gasteiger partial charge < -0.3 is 10.5 Å². The van der Waals surface area contributed by atoms with Gasteiger partial charge in [-0.15, -0.1) is 0 Å². The first-order valence-electron chi connectivity index (χ1n) is 4.97. The molecule has 0 radical (unpaired) electrons. The maximum Gasteiger partial charge on any atom is 0.119 e. The van der Waals surface area contributed by atoms with Gasteiger partial charge in [0, 0.05) is 6.54 Å². The average Bonchev–Trinajstić information content (AvgIpc) is 2.28. The highest BCUT2D eigenvalue weighted by molar-refractivity contribution is 5.53. The molecule has 0 unspecified atom stereocenters. The molecule has 0 aliphatic carbocycles. The van der Waals surface area contributed by atoms with E-state index in [0.717, 1.165) is 16.9 Å². The summed E-state index contributed by atoms with van der Waals surface area (Å²) in [5.41, 5.74) is 7.82. The Morgan fingerprint density at radius 1 is 1.40 bits per heavy atom. The van der Waals surface area contributed by atoms with Crippen LogP contribution in [0.4, 0.5) is 0 Å². The van der Waals surface area contributed by atoms with Crippen LogP contribution in [0.2, 0.25) is 0 Å². The molecule has 0 saturated carbocycles. The Morgan fingerprint density at radius 3 is 2.60 bits per heavy atom. The van der Waals surface area contributed by atoms with Gasteiger partial charge >= 0.3 is 0 Å². The first-order chi connectivity index (χ1) is 7.26. The summed E-state index contributed by atoms with van der Waals surface area (Å²) in [6.45, 7) is 6.74. The molecule has 1 aromatic rings. The predicted molar refractivity (Wildman–Crippen MR) is 64.8 cm³/mol. The summed E-state index contributed by atoms with van der Waals surface area (Å²) in [6.07, 6.45) is 3.80. The molecule has 15 heavy (non-hydrogen) atoms. The summed E-state index contributed by atoms with van der Waals surface area (Å²) < 4.78 is 5.38. The van der Waals surface area contributed by atoms with Crippen LogP contribution < -0.4 is 10.5 Å². The maximum atomic E-state index is 5.51. The molecule has 0 aromatic heterocycles. The van der Waals surface area contributed by atoms with Crippen molar-refractivity contribution in [3.05, 3.63) is 48.1 Å². The van der Waals surface area contributed by atoms with E-state index in [4.69, 9.17) is 10.5 Å². The summed E-state index contributed by atoms with van der Waals surface area (Å²) >= 11 is 0. The van der Waals surface area contributed by atoms with E-state index in [1.54, 1.807) is 6.08 Å². The van der Waals surface area contributed by atoms with Crippen LogP contribution in [0.1, 0.15) is 12.5 Å². The smallest absolute Gasteiger partial charge is 0.119 e. The van der Waals surface area contributed by atoms with Crippen LogP contribution in [0, 0.1) is 0 Å². The Labute approximate surface area is 91.1 Å². The van der Waals surface area contributed by atoms with Gasteiger partial charge in [-0.05, 0) is 24.6 Å². The molecule has 1 rings (SSSR count). The number of hydrogen-bond acceptors (Lipinski definition) is 2. The van der Waals surface area contributed by atoms with Crippen LogP contribution in [0.15, 0.2) is 42.5 Å². The first kappa shape index (κ1) is 11.5. The molecule has 0 amide bonds. The highest BCUT2D eigenvalue weighted by atomic mass is 16.5. The monoisotopic (exact) mass is 203 g/mol. The van der Waals surface area contributed by atoms with Gasteiger partial charge in [0.25, 0.3) is 0 Å². The zero-order chi connectivity index (χ0) is 11.1. The highest BCUT2D eigenvalue weighted by Gasteiger charge is 1.92. The Balaban J connectivity index is 2.67. The number of hydrogen-bond donors (Lipinski definition) is 1. The lowest BCUT2D eigenvalue weighted by atomic mass is 10.1. The molecule has 1 aromatic carbocycles. The lowest BCUT2D eigenvalue weighted by molar-refractivity contribution is 0.363. The van der Waals surface area contributed by atoms with Crippen molar-refractivity contribution in [1.82, 2.24) is 0 Å². The van der Waals surface area contributed by atoms with Gasteiger partial charge in [-0.2, -0.15) is 0 Å². The molecule has 0 aliphatic rings. The van der Waals surface area contributed by atoms with Crippen LogP contribution in [-0.2, 0) is 0 Å². The molecule has 0 fully saturated rings. The van der Waals surface area contributed by atoms with Gasteiger partial charge in [0.15, 0.2) is 0 Å². The minimum atomic E-state index is 0.539. The zero-order valence-electron chi connectivity index (χ0n) is 9.07. The minimum absolute atomic E-state index is 0.539. The second-order valence-corrected chi connectivity index (χ2v) is 3.36. The van der Waals surface area contributed by atoms with E-state index in [9.17, 15) is 0 Å². The lowest BCUT2D eigenvalue weighted by Crippen LogP contribution is -1.99. The molecule has 0 aliphatic heterocycles. The molecule has 80 valence electrons. The van der Waals surface area contributed by atoms with E-state index >= 15 is 0 Å². The topological polar surface area (TPSA) is 35.2 Å². The Morgan fingerprint density at radius 2 is 2.07 bits per heavy atom. The number of rotatable bonds is 5. The third-order valence-corrected chi connectivity index (χ3v) is 1.98.